The van der Waals surface area contributed by atoms with Crippen molar-refractivity contribution >= 4 is 29.2 Å². The molecule has 1 aromatic heterocycles. The second kappa shape index (κ2) is 7.50. The smallest absolute Gasteiger partial charge is 0.306 e. The average molecular weight is 308 g/mol. The number of halogens is 1. The molecule has 5 nitrogen and oxygen atoms in total. The first-order valence-electron chi connectivity index (χ1n) is 6.37. The molecule has 0 saturated heterocycles. The lowest BCUT2D eigenvalue weighted by Crippen LogP contribution is -2.20. The van der Waals surface area contributed by atoms with Crippen LogP contribution in [-0.2, 0) is 20.7 Å². The molecule has 2 rings (SSSR count). The predicted octanol–water partition coefficient (Wildman–Crippen LogP) is 3.05. The number of ether oxygens (including phenoxy) is 1. The Morgan fingerprint density at radius 3 is 2.62 bits per heavy atom. The molecule has 21 heavy (non-hydrogen) atoms. The summed E-state index contributed by atoms with van der Waals surface area (Å²) in [6, 6.07) is 10.2. The highest BCUT2D eigenvalue weighted by atomic mass is 35.5. The van der Waals surface area contributed by atoms with E-state index in [0.717, 1.165) is 0 Å². The van der Waals surface area contributed by atoms with Gasteiger partial charge in [0.2, 0.25) is 0 Å². The fraction of sp³-hybridized carbons (Fsp3) is 0.200. The number of carbonyl (C=O) groups excluding carboxylic acids is 2. The van der Waals surface area contributed by atoms with Gasteiger partial charge in [0, 0.05) is 17.1 Å². The first-order chi connectivity index (χ1) is 10.1. The molecule has 0 fully saturated rings. The molecule has 1 heterocycles. The van der Waals surface area contributed by atoms with Gasteiger partial charge in [-0.15, -0.1) is 0 Å². The fourth-order valence-corrected chi connectivity index (χ4v) is 1.75. The van der Waals surface area contributed by atoms with Gasteiger partial charge in [-0.1, -0.05) is 11.6 Å². The number of nitrogens with one attached hydrogen (secondary N) is 1. The minimum atomic E-state index is -0.447. The van der Waals surface area contributed by atoms with E-state index in [4.69, 9.17) is 20.8 Å². The molecule has 1 N–H and O–H groups in total. The maximum absolute atomic E-state index is 11.6. The van der Waals surface area contributed by atoms with E-state index < -0.39 is 11.9 Å². The molecule has 0 aliphatic rings. The molecular formula is C15H14ClNO4. The third kappa shape index (κ3) is 5.31. The van der Waals surface area contributed by atoms with Gasteiger partial charge in [-0.2, -0.15) is 0 Å². The minimum absolute atomic E-state index is 0.168. The van der Waals surface area contributed by atoms with Gasteiger partial charge in [0.05, 0.1) is 12.7 Å². The summed E-state index contributed by atoms with van der Waals surface area (Å²) >= 11 is 5.74. The van der Waals surface area contributed by atoms with E-state index in [0.29, 0.717) is 22.9 Å². The lowest BCUT2D eigenvalue weighted by atomic mass is 10.2. The Bertz CT molecular complexity index is 593. The van der Waals surface area contributed by atoms with Gasteiger partial charge in [0.1, 0.15) is 5.76 Å². The van der Waals surface area contributed by atoms with Crippen LogP contribution in [0.4, 0.5) is 5.69 Å². The van der Waals surface area contributed by atoms with Gasteiger partial charge < -0.3 is 14.5 Å². The molecule has 0 saturated carbocycles. The van der Waals surface area contributed by atoms with E-state index in [-0.39, 0.29) is 13.0 Å². The van der Waals surface area contributed by atoms with Crippen LogP contribution in [0.1, 0.15) is 12.2 Å². The van der Waals surface area contributed by atoms with Crippen LogP contribution in [-0.4, -0.2) is 18.5 Å². The van der Waals surface area contributed by atoms with Gasteiger partial charge in [-0.3, -0.25) is 9.59 Å². The van der Waals surface area contributed by atoms with E-state index in [1.807, 2.05) is 0 Å². The zero-order valence-corrected chi connectivity index (χ0v) is 11.9. The SMILES string of the molecule is O=C(COC(=O)CCc1ccco1)Nc1ccc(Cl)cc1. The molecule has 0 unspecified atom stereocenters. The number of amides is 1. The summed E-state index contributed by atoms with van der Waals surface area (Å²) in [4.78, 5) is 23.1. The Morgan fingerprint density at radius 2 is 1.95 bits per heavy atom. The van der Waals surface area contributed by atoms with Crippen molar-refractivity contribution in [3.8, 4) is 0 Å². The van der Waals surface area contributed by atoms with Gasteiger partial charge in [0.15, 0.2) is 6.61 Å². The lowest BCUT2D eigenvalue weighted by molar-refractivity contribution is -0.147. The zero-order chi connectivity index (χ0) is 15.1. The van der Waals surface area contributed by atoms with Crippen molar-refractivity contribution in [3.63, 3.8) is 0 Å². The van der Waals surface area contributed by atoms with Crippen molar-refractivity contribution in [2.75, 3.05) is 11.9 Å². The van der Waals surface area contributed by atoms with E-state index in [1.165, 1.54) is 0 Å². The van der Waals surface area contributed by atoms with Crippen molar-refractivity contribution in [2.45, 2.75) is 12.8 Å². The van der Waals surface area contributed by atoms with Crippen LogP contribution in [0, 0.1) is 0 Å². The first-order valence-corrected chi connectivity index (χ1v) is 6.75. The molecule has 0 aliphatic carbocycles. The van der Waals surface area contributed by atoms with Gasteiger partial charge in [-0.05, 0) is 36.4 Å². The quantitative estimate of drug-likeness (QED) is 0.833. The number of benzene rings is 1. The average Bonchev–Trinajstić information content (AvgIpc) is 2.99. The van der Waals surface area contributed by atoms with Gasteiger partial charge in [-0.25, -0.2) is 0 Å². The Labute approximate surface area is 126 Å². The van der Waals surface area contributed by atoms with Crippen molar-refractivity contribution in [2.24, 2.45) is 0 Å². The number of rotatable bonds is 6. The molecule has 1 aromatic carbocycles. The monoisotopic (exact) mass is 307 g/mol. The Morgan fingerprint density at radius 1 is 1.19 bits per heavy atom. The number of esters is 1. The minimum Gasteiger partial charge on any atom is -0.469 e. The maximum Gasteiger partial charge on any atom is 0.306 e. The summed E-state index contributed by atoms with van der Waals surface area (Å²) in [6.45, 7) is -0.320. The highest BCUT2D eigenvalue weighted by Crippen LogP contribution is 2.13. The second-order valence-corrected chi connectivity index (χ2v) is 4.73. The van der Waals surface area contributed by atoms with E-state index in [9.17, 15) is 9.59 Å². The summed E-state index contributed by atoms with van der Waals surface area (Å²) in [5, 5.41) is 3.18. The van der Waals surface area contributed by atoms with Crippen LogP contribution in [0.2, 0.25) is 5.02 Å². The standard InChI is InChI=1S/C15H14ClNO4/c16-11-3-5-12(6-4-11)17-14(18)10-21-15(19)8-7-13-2-1-9-20-13/h1-6,9H,7-8,10H2,(H,17,18). The zero-order valence-electron chi connectivity index (χ0n) is 11.2. The molecule has 0 radical (unpaired) electrons. The topological polar surface area (TPSA) is 68.5 Å². The maximum atomic E-state index is 11.6. The van der Waals surface area contributed by atoms with Crippen LogP contribution in [0.3, 0.4) is 0 Å². The molecule has 0 atom stereocenters. The summed E-state index contributed by atoms with van der Waals surface area (Å²) in [6.07, 6.45) is 2.16. The molecule has 0 bridgehead atoms. The first kappa shape index (κ1) is 15.1. The fourth-order valence-electron chi connectivity index (χ4n) is 1.63. The van der Waals surface area contributed by atoms with Crippen molar-refractivity contribution in [1.29, 1.82) is 0 Å². The molecule has 0 aliphatic heterocycles. The number of aryl methyl sites for hydroxylation is 1. The van der Waals surface area contributed by atoms with Crippen LogP contribution in [0.5, 0.6) is 0 Å². The highest BCUT2D eigenvalue weighted by molar-refractivity contribution is 6.30. The van der Waals surface area contributed by atoms with Gasteiger partial charge in [0.25, 0.3) is 5.91 Å². The summed E-state index contributed by atoms with van der Waals surface area (Å²) in [7, 11) is 0. The Hall–Kier alpha value is -2.27. The molecule has 6 heteroatoms. The number of hydrogen-bond donors (Lipinski definition) is 1. The number of carbonyl (C=O) groups is 2. The molecule has 2 aromatic rings. The number of furan rings is 1. The van der Waals surface area contributed by atoms with Gasteiger partial charge >= 0.3 is 5.97 Å². The molecule has 0 spiro atoms. The number of anilines is 1. The Balaban J connectivity index is 1.68. The van der Waals surface area contributed by atoms with Crippen molar-refractivity contribution < 1.29 is 18.7 Å². The number of hydrogen-bond acceptors (Lipinski definition) is 4. The normalized spacial score (nSPS) is 10.1. The highest BCUT2D eigenvalue weighted by Gasteiger charge is 2.09. The third-order valence-electron chi connectivity index (χ3n) is 2.65. The molecule has 110 valence electrons. The summed E-state index contributed by atoms with van der Waals surface area (Å²) in [5.74, 6) is -0.140. The second-order valence-electron chi connectivity index (χ2n) is 4.30. The van der Waals surface area contributed by atoms with Crippen LogP contribution in [0.25, 0.3) is 0 Å². The van der Waals surface area contributed by atoms with E-state index in [1.54, 1.807) is 42.7 Å². The molecule has 1 amide bonds. The molecular weight excluding hydrogens is 294 g/mol. The largest absolute Gasteiger partial charge is 0.469 e. The van der Waals surface area contributed by atoms with Crippen molar-refractivity contribution in [3.05, 3.63) is 53.4 Å². The van der Waals surface area contributed by atoms with E-state index >= 15 is 0 Å². The van der Waals surface area contributed by atoms with Crippen LogP contribution >= 0.6 is 11.6 Å². The van der Waals surface area contributed by atoms with Crippen LogP contribution in [0.15, 0.2) is 47.1 Å². The Kier molecular flexibility index (Phi) is 5.40. The summed E-state index contributed by atoms with van der Waals surface area (Å²) in [5.41, 5.74) is 0.594. The van der Waals surface area contributed by atoms with Crippen molar-refractivity contribution in [1.82, 2.24) is 0 Å². The lowest BCUT2D eigenvalue weighted by Gasteiger charge is -2.06. The predicted molar refractivity (Wildman–Crippen MR) is 78.1 cm³/mol. The van der Waals surface area contributed by atoms with Crippen LogP contribution < -0.4 is 5.32 Å². The van der Waals surface area contributed by atoms with E-state index in [2.05, 4.69) is 5.32 Å². The summed E-state index contributed by atoms with van der Waals surface area (Å²) < 4.78 is 9.98. The third-order valence-corrected chi connectivity index (χ3v) is 2.90.